The van der Waals surface area contributed by atoms with Crippen molar-refractivity contribution >= 4 is 47.6 Å². The summed E-state index contributed by atoms with van der Waals surface area (Å²) in [6.45, 7) is 20.9. The first-order chi connectivity index (χ1) is 37.4. The first-order valence-corrected chi connectivity index (χ1v) is 27.8. The number of benzene rings is 3. The maximum Gasteiger partial charge on any atom is 0.407 e. The minimum atomic E-state index is -1.43. The van der Waals surface area contributed by atoms with E-state index >= 15 is 9.59 Å². The average Bonchev–Trinajstić information content (AvgIpc) is 3.35. The summed E-state index contributed by atoms with van der Waals surface area (Å²) in [6, 6.07) is 12.7. The van der Waals surface area contributed by atoms with Crippen molar-refractivity contribution in [2.45, 2.75) is 176 Å². The first-order valence-electron chi connectivity index (χ1n) is 27.8. The predicted molar refractivity (Wildman–Crippen MR) is 304 cm³/mol. The lowest BCUT2D eigenvalue weighted by molar-refractivity contribution is -0.144. The molecule has 1 aliphatic heterocycles. The van der Waals surface area contributed by atoms with Crippen LogP contribution < -0.4 is 30.7 Å². The number of unbranched alkanes of at least 4 members (excludes halogenated alkanes) is 4. The topological polar surface area (TPSA) is 254 Å². The molecule has 19 heteroatoms. The largest absolute Gasteiger partial charge is 0.491 e. The van der Waals surface area contributed by atoms with Crippen LogP contribution in [0.15, 0.2) is 54.6 Å². The molecule has 5 amide bonds. The van der Waals surface area contributed by atoms with Crippen molar-refractivity contribution in [3.05, 3.63) is 82.4 Å². The van der Waals surface area contributed by atoms with E-state index in [1.54, 1.807) is 105 Å². The predicted octanol–water partition coefficient (Wildman–Crippen LogP) is 10.0. The van der Waals surface area contributed by atoms with Crippen LogP contribution in [0, 0.1) is 18.8 Å². The molecule has 1 aliphatic rings. The van der Waals surface area contributed by atoms with Crippen LogP contribution in [0.25, 0.3) is 11.1 Å². The van der Waals surface area contributed by atoms with Gasteiger partial charge in [0.15, 0.2) is 11.6 Å². The van der Waals surface area contributed by atoms with Crippen molar-refractivity contribution in [1.82, 2.24) is 26.2 Å². The highest BCUT2D eigenvalue weighted by Crippen LogP contribution is 2.41. The third-order valence-corrected chi connectivity index (χ3v) is 12.9. The Hall–Kier alpha value is -7.18. The van der Waals surface area contributed by atoms with Crippen LogP contribution in [0.2, 0.25) is 0 Å². The normalized spacial score (nSPS) is 16.2. The number of aryl methyl sites for hydroxylation is 2. The standard InChI is InChI=1S/C61H87N5O14/c1-14-15-16-17-18-19-40-20-23-44(38(2)32-40)48(67)37-43(26-27-62-56(73)78-59(4,5)6)54(70)66(13)52-42-22-25-51(77-31-29-64-58(75)80-61(10,11)12)46(36-42)45-34-41(35-47(55(71)72)65-53(69)39(3)33-49(52)68)21-24-50(45)76-30-28-63-57(74)79-60(7,8)9/h20-25,32,34,36,39,43,47,52H,14-19,26-31,33,35,37H2,1-13H3,(H,62,73)(H,63,74)(H,64,75)(H,65,69)(H,71,72)/t39-,43-,47+,52+/m1/s1. The van der Waals surface area contributed by atoms with Gasteiger partial charge in [0.25, 0.3) is 0 Å². The van der Waals surface area contributed by atoms with Gasteiger partial charge >= 0.3 is 24.2 Å². The van der Waals surface area contributed by atoms with E-state index in [9.17, 15) is 33.9 Å². The fourth-order valence-corrected chi connectivity index (χ4v) is 9.08. The van der Waals surface area contributed by atoms with E-state index in [0.29, 0.717) is 22.3 Å². The third kappa shape index (κ3) is 21.8. The summed E-state index contributed by atoms with van der Waals surface area (Å²) in [7, 11) is 1.44. The van der Waals surface area contributed by atoms with Crippen LogP contribution in [0.3, 0.4) is 0 Å². The quantitative estimate of drug-likeness (QED) is 0.0337. The minimum absolute atomic E-state index is 0.0117. The second-order valence-corrected chi connectivity index (χ2v) is 23.5. The number of ether oxygens (including phenoxy) is 5. The number of carbonyl (C=O) groups is 8. The zero-order valence-corrected chi connectivity index (χ0v) is 49.3. The van der Waals surface area contributed by atoms with E-state index < -0.39 is 89.0 Å². The number of aliphatic carboxylic acids is 1. The lowest BCUT2D eigenvalue weighted by atomic mass is 9.88. The molecule has 0 spiro atoms. The van der Waals surface area contributed by atoms with E-state index in [2.05, 4.69) is 28.2 Å². The molecule has 0 aromatic heterocycles. The monoisotopic (exact) mass is 1110 g/mol. The van der Waals surface area contributed by atoms with Crippen LogP contribution >= 0.6 is 0 Å². The number of nitrogens with zero attached hydrogens (tertiary/aromatic N) is 1. The molecule has 4 rings (SSSR count). The van der Waals surface area contributed by atoms with Gasteiger partial charge in [-0.15, -0.1) is 0 Å². The number of Topliss-reactive ketones (excluding diaryl/α,β-unsaturated/α-hetero) is 2. The molecule has 1 heterocycles. The van der Waals surface area contributed by atoms with Gasteiger partial charge in [0, 0.05) is 61.4 Å². The average molecular weight is 1110 g/mol. The van der Waals surface area contributed by atoms with Crippen molar-refractivity contribution in [3.8, 4) is 22.6 Å². The molecule has 4 bridgehead atoms. The summed E-state index contributed by atoms with van der Waals surface area (Å²) >= 11 is 0. The van der Waals surface area contributed by atoms with E-state index in [4.69, 9.17) is 23.7 Å². The van der Waals surface area contributed by atoms with Crippen molar-refractivity contribution in [1.29, 1.82) is 0 Å². The van der Waals surface area contributed by atoms with E-state index in [1.807, 2.05) is 19.1 Å². The number of amides is 5. The van der Waals surface area contributed by atoms with Crippen molar-refractivity contribution < 1.29 is 67.1 Å². The molecule has 0 saturated carbocycles. The maximum atomic E-state index is 15.3. The highest BCUT2D eigenvalue weighted by molar-refractivity contribution is 6.01. The summed E-state index contributed by atoms with van der Waals surface area (Å²) in [5.74, 6) is -5.16. The Morgan fingerprint density at radius 2 is 1.24 bits per heavy atom. The van der Waals surface area contributed by atoms with Crippen LogP contribution in [0.4, 0.5) is 14.4 Å². The molecule has 0 unspecified atom stereocenters. The zero-order valence-electron chi connectivity index (χ0n) is 49.3. The smallest absolute Gasteiger partial charge is 0.407 e. The van der Waals surface area contributed by atoms with E-state index in [-0.39, 0.29) is 75.0 Å². The molecule has 440 valence electrons. The lowest BCUT2D eigenvalue weighted by Crippen LogP contribution is -2.46. The Balaban J connectivity index is 1.87. The van der Waals surface area contributed by atoms with E-state index in [1.165, 1.54) is 25.3 Å². The Kier molecular flexibility index (Phi) is 24.4. The summed E-state index contributed by atoms with van der Waals surface area (Å²) in [5, 5.41) is 21.0. The number of ketones is 2. The zero-order chi connectivity index (χ0) is 59.5. The van der Waals surface area contributed by atoms with Gasteiger partial charge in [-0.1, -0.05) is 69.9 Å². The van der Waals surface area contributed by atoms with Gasteiger partial charge in [-0.3, -0.25) is 19.2 Å². The highest BCUT2D eigenvalue weighted by Gasteiger charge is 2.37. The number of hydrogen-bond acceptors (Lipinski definition) is 13. The van der Waals surface area contributed by atoms with Gasteiger partial charge in [0.2, 0.25) is 11.8 Å². The Bertz CT molecular complexity index is 2650. The molecular formula is C61H87N5O14. The van der Waals surface area contributed by atoms with Gasteiger partial charge in [0.1, 0.15) is 53.6 Å². The number of alkyl carbamates (subject to hydrolysis) is 3. The van der Waals surface area contributed by atoms with Crippen LogP contribution in [0.5, 0.6) is 11.5 Å². The maximum absolute atomic E-state index is 15.3. The molecule has 5 N–H and O–H groups in total. The molecule has 4 atom stereocenters. The number of carboxylic acids is 1. The highest BCUT2D eigenvalue weighted by atomic mass is 16.6. The summed E-state index contributed by atoms with van der Waals surface area (Å²) in [4.78, 5) is 111. The number of fused-ring (bicyclic) bond motifs is 5. The molecule has 0 fully saturated rings. The van der Waals surface area contributed by atoms with Gasteiger partial charge < -0.3 is 55.0 Å². The molecule has 0 saturated heterocycles. The Labute approximate surface area is 472 Å². The van der Waals surface area contributed by atoms with Gasteiger partial charge in [0.05, 0.1) is 13.1 Å². The summed E-state index contributed by atoms with van der Waals surface area (Å²) < 4.78 is 28.9. The number of carbonyl (C=O) groups excluding carboxylic acids is 7. The second-order valence-electron chi connectivity index (χ2n) is 23.5. The summed E-state index contributed by atoms with van der Waals surface area (Å²) in [5.41, 5.74) is 1.43. The van der Waals surface area contributed by atoms with E-state index in [0.717, 1.165) is 43.2 Å². The number of carboxylic acid groups (broad SMARTS) is 1. The molecule has 3 aromatic carbocycles. The molecular weight excluding hydrogens is 1030 g/mol. The number of likely N-dealkylation sites (N-methyl/N-ethyl adjacent to an activating group) is 1. The SMILES string of the molecule is CCCCCCCc1ccc(C(=O)C[C@@H](CCNC(=O)OC(C)(C)C)C(=O)N(C)[C@@H]2C(=O)C[C@@H](C)C(=O)N[C@H](C(=O)O)Cc3ccc(OCCNC(=O)OC(C)(C)C)c(c3)-c3cc2ccc3OCCNC(=O)OC(C)(C)C)c(C)c1. The molecule has 3 aromatic rings. The Morgan fingerprint density at radius 1 is 0.700 bits per heavy atom. The van der Waals surface area contributed by atoms with Crippen molar-refractivity contribution in [2.75, 3.05) is 39.9 Å². The van der Waals surface area contributed by atoms with Gasteiger partial charge in [-0.25, -0.2) is 19.2 Å². The lowest BCUT2D eigenvalue weighted by Gasteiger charge is -2.32. The van der Waals surface area contributed by atoms with Crippen LogP contribution in [0.1, 0.15) is 166 Å². The summed E-state index contributed by atoms with van der Waals surface area (Å²) in [6.07, 6.45) is 3.53. The number of hydrogen-bond donors (Lipinski definition) is 5. The van der Waals surface area contributed by atoms with Gasteiger partial charge in [-0.2, -0.15) is 0 Å². The fraction of sp³-hybridized carbons (Fsp3) is 0.574. The molecule has 80 heavy (non-hydrogen) atoms. The molecule has 19 nitrogen and oxygen atoms in total. The molecule has 0 radical (unpaired) electrons. The number of nitrogens with one attached hydrogen (secondary N) is 4. The minimum Gasteiger partial charge on any atom is -0.491 e. The fourth-order valence-electron chi connectivity index (χ4n) is 9.08. The second kappa shape index (κ2) is 29.9. The first kappa shape index (κ1) is 65.3. The Morgan fingerprint density at radius 3 is 1.77 bits per heavy atom. The van der Waals surface area contributed by atoms with Crippen LogP contribution in [-0.2, 0) is 46.2 Å². The van der Waals surface area contributed by atoms with Crippen molar-refractivity contribution in [3.63, 3.8) is 0 Å². The number of rotatable bonds is 23. The third-order valence-electron chi connectivity index (χ3n) is 12.9. The van der Waals surface area contributed by atoms with Crippen LogP contribution in [-0.4, -0.2) is 120 Å². The van der Waals surface area contributed by atoms with Gasteiger partial charge in [-0.05, 0) is 135 Å². The molecule has 0 aliphatic carbocycles. The van der Waals surface area contributed by atoms with Crippen molar-refractivity contribution in [2.24, 2.45) is 11.8 Å².